The Hall–Kier alpha value is -2.48. The lowest BCUT2D eigenvalue weighted by Gasteiger charge is -2.14. The Labute approximate surface area is 157 Å². The van der Waals surface area contributed by atoms with Crippen molar-refractivity contribution in [3.63, 3.8) is 0 Å². The Bertz CT molecular complexity index is 699. The van der Waals surface area contributed by atoms with Crippen LogP contribution in [-0.4, -0.2) is 0 Å². The molecule has 134 valence electrons. The number of hydrogen-bond donors (Lipinski definition) is 0. The minimum Gasteiger partial charge on any atom is -0.185 e. The maximum atomic E-state index is 4.78. The molecule has 0 N–H and O–H groups in total. The molecule has 0 aliphatic carbocycles. The maximum absolute atomic E-state index is 4.78. The highest BCUT2D eigenvalue weighted by molar-refractivity contribution is 5.26. The number of benzene rings is 2. The van der Waals surface area contributed by atoms with Crippen LogP contribution in [0.1, 0.15) is 60.0 Å². The molecular formula is C24H28N2. The second-order valence-electron chi connectivity index (χ2n) is 7.08. The zero-order chi connectivity index (χ0) is 18.2. The molecule has 2 atom stereocenters. The Morgan fingerprint density at radius 2 is 0.962 bits per heavy atom. The molecule has 2 aromatic carbocycles. The molecule has 0 aromatic heterocycles. The molecule has 1 heterocycles. The van der Waals surface area contributed by atoms with Gasteiger partial charge >= 0.3 is 0 Å². The van der Waals surface area contributed by atoms with Crippen molar-refractivity contribution in [1.29, 1.82) is 0 Å². The Morgan fingerprint density at radius 3 is 1.35 bits per heavy atom. The number of nitrogens with zero attached hydrogens (tertiary/aromatic N) is 2. The molecule has 3 rings (SSSR count). The summed E-state index contributed by atoms with van der Waals surface area (Å²) in [5.41, 5.74) is 5.02. The summed E-state index contributed by atoms with van der Waals surface area (Å²) in [6.07, 6.45) is 13.0. The molecule has 2 heteroatoms. The summed E-state index contributed by atoms with van der Waals surface area (Å²) in [4.78, 5) is 0. The van der Waals surface area contributed by atoms with Gasteiger partial charge in [-0.05, 0) is 50.7 Å². The van der Waals surface area contributed by atoms with Crippen molar-refractivity contribution in [2.75, 3.05) is 0 Å². The molecule has 1 aliphatic rings. The molecule has 0 saturated heterocycles. The first-order valence-corrected chi connectivity index (χ1v) is 9.55. The van der Waals surface area contributed by atoms with Gasteiger partial charge < -0.3 is 0 Å². The second kappa shape index (κ2) is 9.28. The summed E-state index contributed by atoms with van der Waals surface area (Å²) >= 11 is 0. The number of allylic oxidation sites excluding steroid dienone is 2. The molecule has 0 amide bonds. The van der Waals surface area contributed by atoms with E-state index in [2.05, 4.69) is 86.7 Å². The minimum atomic E-state index is 0.0863. The lowest BCUT2D eigenvalue weighted by atomic mass is 10.0. The highest BCUT2D eigenvalue weighted by Gasteiger charge is 2.13. The van der Waals surface area contributed by atoms with E-state index in [1.807, 2.05) is 0 Å². The van der Waals surface area contributed by atoms with Crippen LogP contribution < -0.4 is 0 Å². The van der Waals surface area contributed by atoms with Crippen LogP contribution in [0, 0.1) is 13.8 Å². The average molecular weight is 345 g/mol. The third-order valence-electron chi connectivity index (χ3n) is 4.82. The van der Waals surface area contributed by atoms with E-state index < -0.39 is 0 Å². The third kappa shape index (κ3) is 5.26. The van der Waals surface area contributed by atoms with E-state index in [9.17, 15) is 0 Å². The Kier molecular flexibility index (Phi) is 6.54. The van der Waals surface area contributed by atoms with E-state index in [4.69, 9.17) is 10.2 Å². The Morgan fingerprint density at radius 1 is 0.577 bits per heavy atom. The zero-order valence-corrected chi connectivity index (χ0v) is 15.8. The molecule has 2 aromatic rings. The van der Waals surface area contributed by atoms with E-state index in [0.717, 1.165) is 25.7 Å². The number of aryl methyl sites for hydroxylation is 2. The molecule has 0 fully saturated rings. The lowest BCUT2D eigenvalue weighted by Crippen LogP contribution is -1.98. The fourth-order valence-electron chi connectivity index (χ4n) is 3.12. The maximum Gasteiger partial charge on any atom is 0.0992 e. The summed E-state index contributed by atoms with van der Waals surface area (Å²) in [6.45, 7) is 4.23. The fourth-order valence-corrected chi connectivity index (χ4v) is 3.12. The normalized spacial score (nSPS) is 23.6. The zero-order valence-electron chi connectivity index (χ0n) is 15.8. The standard InChI is InChI=1S/C24H28N2/c1-19-11-15-21(16-12-19)23-9-7-5-3-4-6-8-10-24(26-25-23)22-17-13-20(2)14-18-22/h5-8,11-18,23-24H,3-4,9-10H2,1-2H3/b7-5+,8-6+,26-25?. The van der Waals surface area contributed by atoms with Crippen LogP contribution in [0.5, 0.6) is 0 Å². The lowest BCUT2D eigenvalue weighted by molar-refractivity contribution is 0.605. The van der Waals surface area contributed by atoms with E-state index in [1.54, 1.807) is 0 Å². The van der Waals surface area contributed by atoms with Crippen molar-refractivity contribution in [2.24, 2.45) is 10.2 Å². The summed E-state index contributed by atoms with van der Waals surface area (Å²) < 4.78 is 0. The topological polar surface area (TPSA) is 24.7 Å². The predicted molar refractivity (Wildman–Crippen MR) is 109 cm³/mol. The molecule has 0 radical (unpaired) electrons. The summed E-state index contributed by atoms with van der Waals surface area (Å²) in [6, 6.07) is 17.5. The summed E-state index contributed by atoms with van der Waals surface area (Å²) in [5, 5.41) is 9.55. The summed E-state index contributed by atoms with van der Waals surface area (Å²) in [7, 11) is 0. The van der Waals surface area contributed by atoms with Crippen molar-refractivity contribution in [3.05, 3.63) is 95.1 Å². The quantitative estimate of drug-likeness (QED) is 0.514. The van der Waals surface area contributed by atoms with Gasteiger partial charge in [0.05, 0.1) is 12.1 Å². The average Bonchev–Trinajstić information content (AvgIpc) is 2.64. The van der Waals surface area contributed by atoms with Crippen LogP contribution in [0.15, 0.2) is 83.1 Å². The Balaban J connectivity index is 1.89. The molecule has 0 saturated carbocycles. The van der Waals surface area contributed by atoms with Crippen molar-refractivity contribution in [1.82, 2.24) is 0 Å². The van der Waals surface area contributed by atoms with Crippen LogP contribution in [0.2, 0.25) is 0 Å². The van der Waals surface area contributed by atoms with Crippen LogP contribution >= 0.6 is 0 Å². The van der Waals surface area contributed by atoms with Gasteiger partial charge in [-0.15, -0.1) is 0 Å². The van der Waals surface area contributed by atoms with Gasteiger partial charge in [0.1, 0.15) is 0 Å². The molecule has 2 nitrogen and oxygen atoms in total. The fraction of sp³-hybridized carbons (Fsp3) is 0.333. The van der Waals surface area contributed by atoms with Gasteiger partial charge in [-0.3, -0.25) is 0 Å². The molecule has 2 unspecified atom stereocenters. The first-order chi connectivity index (χ1) is 12.7. The van der Waals surface area contributed by atoms with Gasteiger partial charge in [-0.1, -0.05) is 84.0 Å². The largest absolute Gasteiger partial charge is 0.185 e. The van der Waals surface area contributed by atoms with Crippen LogP contribution in [0.4, 0.5) is 0 Å². The SMILES string of the molecule is Cc1ccc(C2C/C=C/CC/C=C/CC(c3ccc(C)cc3)N=N2)cc1. The van der Waals surface area contributed by atoms with Crippen molar-refractivity contribution < 1.29 is 0 Å². The molecule has 0 bridgehead atoms. The predicted octanol–water partition coefficient (Wildman–Crippen LogP) is 7.22. The third-order valence-corrected chi connectivity index (χ3v) is 4.82. The van der Waals surface area contributed by atoms with Crippen molar-refractivity contribution in [2.45, 2.75) is 51.6 Å². The van der Waals surface area contributed by atoms with Crippen LogP contribution in [0.25, 0.3) is 0 Å². The monoisotopic (exact) mass is 344 g/mol. The van der Waals surface area contributed by atoms with Crippen LogP contribution in [0.3, 0.4) is 0 Å². The van der Waals surface area contributed by atoms with Gasteiger partial charge in [-0.2, -0.15) is 10.2 Å². The van der Waals surface area contributed by atoms with Gasteiger partial charge in [-0.25, -0.2) is 0 Å². The highest BCUT2D eigenvalue weighted by atomic mass is 15.1. The van der Waals surface area contributed by atoms with Gasteiger partial charge in [0, 0.05) is 0 Å². The van der Waals surface area contributed by atoms with Gasteiger partial charge in [0.25, 0.3) is 0 Å². The number of rotatable bonds is 2. The smallest absolute Gasteiger partial charge is 0.0992 e. The first-order valence-electron chi connectivity index (χ1n) is 9.55. The van der Waals surface area contributed by atoms with E-state index in [-0.39, 0.29) is 12.1 Å². The van der Waals surface area contributed by atoms with E-state index in [0.29, 0.717) is 0 Å². The molecular weight excluding hydrogens is 316 g/mol. The van der Waals surface area contributed by atoms with Crippen molar-refractivity contribution in [3.8, 4) is 0 Å². The minimum absolute atomic E-state index is 0.0863. The molecule has 0 spiro atoms. The van der Waals surface area contributed by atoms with Gasteiger partial charge in [0.15, 0.2) is 0 Å². The molecule has 1 aliphatic heterocycles. The molecule has 26 heavy (non-hydrogen) atoms. The van der Waals surface area contributed by atoms with Gasteiger partial charge in [0.2, 0.25) is 0 Å². The van der Waals surface area contributed by atoms with E-state index >= 15 is 0 Å². The number of azo groups is 1. The van der Waals surface area contributed by atoms with Crippen molar-refractivity contribution >= 4 is 0 Å². The van der Waals surface area contributed by atoms with E-state index in [1.165, 1.54) is 22.3 Å². The summed E-state index contributed by atoms with van der Waals surface area (Å²) in [5.74, 6) is 0. The first kappa shape index (κ1) is 18.3. The number of hydrogen-bond acceptors (Lipinski definition) is 2. The van der Waals surface area contributed by atoms with Crippen LogP contribution in [-0.2, 0) is 0 Å². The highest BCUT2D eigenvalue weighted by Crippen LogP contribution is 2.28. The second-order valence-corrected chi connectivity index (χ2v) is 7.08.